The van der Waals surface area contributed by atoms with Crippen molar-refractivity contribution in [2.24, 2.45) is 0 Å². The van der Waals surface area contributed by atoms with E-state index < -0.39 is 10.0 Å². The molecule has 16 heavy (non-hydrogen) atoms. The molecule has 1 N–H and O–H groups in total. The van der Waals surface area contributed by atoms with E-state index in [1.54, 1.807) is 18.2 Å². The summed E-state index contributed by atoms with van der Waals surface area (Å²) in [6.45, 7) is 0. The van der Waals surface area contributed by atoms with Crippen LogP contribution in [0, 0.1) is 0 Å². The van der Waals surface area contributed by atoms with Crippen LogP contribution in [0.5, 0.6) is 0 Å². The molecule has 0 bridgehead atoms. The van der Waals surface area contributed by atoms with Gasteiger partial charge in [-0.05, 0) is 11.6 Å². The van der Waals surface area contributed by atoms with Gasteiger partial charge in [0.15, 0.2) is 0 Å². The molecule has 0 heterocycles. The first-order valence-corrected chi connectivity index (χ1v) is 6.21. The predicted octanol–water partition coefficient (Wildman–Crippen LogP) is 2.33. The fourth-order valence-electron chi connectivity index (χ4n) is 1.56. The van der Waals surface area contributed by atoms with Crippen molar-refractivity contribution in [1.82, 2.24) is 5.14 Å². The number of hydrogen-bond acceptors (Lipinski definition) is 2. The summed E-state index contributed by atoms with van der Waals surface area (Å²) < 4.78 is 22.6. The average molecular weight is 232 g/mol. The average Bonchev–Trinajstić information content (AvgIpc) is 2.29. The van der Waals surface area contributed by atoms with Crippen molar-refractivity contribution in [3.8, 4) is 11.1 Å². The minimum atomic E-state index is -3.93. The summed E-state index contributed by atoms with van der Waals surface area (Å²) in [7, 11) is -3.93. The van der Waals surface area contributed by atoms with Gasteiger partial charge in [0.1, 0.15) is 0 Å². The van der Waals surface area contributed by atoms with E-state index in [1.807, 2.05) is 30.3 Å². The monoisotopic (exact) mass is 232 g/mol. The van der Waals surface area contributed by atoms with Crippen molar-refractivity contribution in [3.05, 3.63) is 54.6 Å². The zero-order valence-corrected chi connectivity index (χ0v) is 9.24. The number of benzene rings is 2. The molecule has 2 rings (SSSR count). The van der Waals surface area contributed by atoms with Crippen LogP contribution in [0.3, 0.4) is 0 Å². The second-order valence-electron chi connectivity index (χ2n) is 3.37. The van der Waals surface area contributed by atoms with Crippen molar-refractivity contribution in [2.45, 2.75) is 4.90 Å². The number of rotatable bonds is 2. The Balaban J connectivity index is 2.68. The highest BCUT2D eigenvalue weighted by Crippen LogP contribution is 2.26. The molecule has 2 aromatic rings. The highest BCUT2D eigenvalue weighted by Gasteiger charge is 2.14. The van der Waals surface area contributed by atoms with E-state index in [0.29, 0.717) is 5.56 Å². The predicted molar refractivity (Wildman–Crippen MR) is 62.2 cm³/mol. The summed E-state index contributed by atoms with van der Waals surface area (Å²) in [4.78, 5) is 0.0428. The first-order chi connectivity index (χ1) is 7.59. The van der Waals surface area contributed by atoms with Gasteiger partial charge in [-0.15, -0.1) is 5.14 Å². The maximum absolute atomic E-state index is 11.3. The maximum atomic E-state index is 11.3. The van der Waals surface area contributed by atoms with Crippen LogP contribution in [-0.2, 0) is 10.0 Å². The van der Waals surface area contributed by atoms with Crippen molar-refractivity contribution < 1.29 is 8.42 Å². The summed E-state index contributed by atoms with van der Waals surface area (Å²) in [5.74, 6) is 0. The zero-order valence-electron chi connectivity index (χ0n) is 8.42. The molecule has 0 aromatic heterocycles. The second-order valence-corrected chi connectivity index (χ2v) is 4.81. The van der Waals surface area contributed by atoms with Crippen LogP contribution in [0.15, 0.2) is 59.5 Å². The third-order valence-electron chi connectivity index (χ3n) is 2.26. The number of sulfonamides is 1. The lowest BCUT2D eigenvalue weighted by Crippen LogP contribution is -2.02. The molecule has 0 fully saturated rings. The minimum Gasteiger partial charge on any atom is -0.206 e. The van der Waals surface area contributed by atoms with Gasteiger partial charge in [0.2, 0.25) is 0 Å². The molecule has 2 aromatic carbocycles. The van der Waals surface area contributed by atoms with Gasteiger partial charge in [0.25, 0.3) is 10.0 Å². The summed E-state index contributed by atoms with van der Waals surface area (Å²) in [5.41, 5.74) is 1.37. The Morgan fingerprint density at radius 2 is 1.38 bits per heavy atom. The summed E-state index contributed by atoms with van der Waals surface area (Å²) in [6, 6.07) is 15.7. The molecule has 3 nitrogen and oxygen atoms in total. The molecule has 0 spiro atoms. The van der Waals surface area contributed by atoms with Gasteiger partial charge in [-0.25, -0.2) is 8.42 Å². The summed E-state index contributed by atoms with van der Waals surface area (Å²) in [5, 5.41) is 7.14. The Labute approximate surface area is 94.6 Å². The highest BCUT2D eigenvalue weighted by molar-refractivity contribution is 7.89. The Kier molecular flexibility index (Phi) is 2.77. The SMILES string of the molecule is [NH]S(=O)(=O)c1ccccc1-c1ccccc1. The normalized spacial score (nSPS) is 11.3. The molecule has 0 unspecified atom stereocenters. The molecule has 1 radical (unpaired) electrons. The van der Waals surface area contributed by atoms with Gasteiger partial charge in [-0.3, -0.25) is 0 Å². The third kappa shape index (κ3) is 2.13. The van der Waals surface area contributed by atoms with E-state index in [4.69, 9.17) is 5.14 Å². The Bertz CT molecular complexity index is 591. The Morgan fingerprint density at radius 3 is 2.00 bits per heavy atom. The third-order valence-corrected chi connectivity index (χ3v) is 3.20. The smallest absolute Gasteiger partial charge is 0.206 e. The molecule has 0 amide bonds. The van der Waals surface area contributed by atoms with Crippen molar-refractivity contribution in [1.29, 1.82) is 0 Å². The van der Waals surface area contributed by atoms with Gasteiger partial charge >= 0.3 is 0 Å². The van der Waals surface area contributed by atoms with E-state index in [2.05, 4.69) is 0 Å². The van der Waals surface area contributed by atoms with Gasteiger partial charge in [-0.1, -0.05) is 48.5 Å². The maximum Gasteiger partial charge on any atom is 0.254 e. The largest absolute Gasteiger partial charge is 0.254 e. The van der Waals surface area contributed by atoms with Crippen molar-refractivity contribution in [2.75, 3.05) is 0 Å². The first-order valence-electron chi connectivity index (χ1n) is 4.73. The fraction of sp³-hybridized carbons (Fsp3) is 0. The minimum absolute atomic E-state index is 0.0428. The lowest BCUT2D eigenvalue weighted by atomic mass is 10.1. The van der Waals surface area contributed by atoms with Crippen LogP contribution in [0.25, 0.3) is 11.1 Å². The molecule has 0 saturated carbocycles. The second kappa shape index (κ2) is 4.08. The van der Waals surface area contributed by atoms with E-state index in [9.17, 15) is 8.42 Å². The topological polar surface area (TPSA) is 57.9 Å². The Hall–Kier alpha value is -1.65. The van der Waals surface area contributed by atoms with E-state index in [1.165, 1.54) is 6.07 Å². The van der Waals surface area contributed by atoms with Gasteiger partial charge in [0.05, 0.1) is 4.90 Å². The molecule has 0 saturated heterocycles. The first kappa shape index (κ1) is 10.9. The molecule has 81 valence electrons. The molecule has 0 aliphatic carbocycles. The van der Waals surface area contributed by atoms with E-state index in [0.717, 1.165) is 5.56 Å². The number of hydrogen-bond donors (Lipinski definition) is 0. The van der Waals surface area contributed by atoms with E-state index in [-0.39, 0.29) is 4.90 Å². The van der Waals surface area contributed by atoms with Crippen molar-refractivity contribution >= 4 is 10.0 Å². The van der Waals surface area contributed by atoms with Crippen LogP contribution in [0.2, 0.25) is 0 Å². The van der Waals surface area contributed by atoms with Crippen LogP contribution >= 0.6 is 0 Å². The van der Waals surface area contributed by atoms with Gasteiger partial charge in [-0.2, -0.15) is 0 Å². The summed E-state index contributed by atoms with van der Waals surface area (Å²) >= 11 is 0. The highest BCUT2D eigenvalue weighted by atomic mass is 32.2. The van der Waals surface area contributed by atoms with Crippen LogP contribution in [-0.4, -0.2) is 8.42 Å². The molecular weight excluding hydrogens is 222 g/mol. The van der Waals surface area contributed by atoms with Gasteiger partial charge < -0.3 is 0 Å². The van der Waals surface area contributed by atoms with Gasteiger partial charge in [0, 0.05) is 5.56 Å². The summed E-state index contributed by atoms with van der Waals surface area (Å²) in [6.07, 6.45) is 0. The molecule has 0 atom stereocenters. The van der Waals surface area contributed by atoms with E-state index >= 15 is 0 Å². The molecule has 4 heteroatoms. The molecule has 0 aliphatic rings. The van der Waals surface area contributed by atoms with Crippen LogP contribution in [0.1, 0.15) is 0 Å². The lowest BCUT2D eigenvalue weighted by Gasteiger charge is -2.06. The Morgan fingerprint density at radius 1 is 0.812 bits per heavy atom. The lowest BCUT2D eigenvalue weighted by molar-refractivity contribution is 0.596. The van der Waals surface area contributed by atoms with Crippen LogP contribution < -0.4 is 5.14 Å². The number of nitrogens with one attached hydrogen (secondary N) is 1. The van der Waals surface area contributed by atoms with Crippen LogP contribution in [0.4, 0.5) is 0 Å². The molecule has 0 aliphatic heterocycles. The zero-order chi connectivity index (χ0) is 11.6. The standard InChI is InChI=1S/C12H10NO2S/c13-16(14,15)12-9-5-4-8-11(12)10-6-2-1-3-7-10/h1-9,13H. The van der Waals surface area contributed by atoms with Crippen molar-refractivity contribution in [3.63, 3.8) is 0 Å². The fourth-order valence-corrected chi connectivity index (χ4v) is 2.29. The molecular formula is C12H10NO2S. The quantitative estimate of drug-likeness (QED) is 0.797.